The Balaban J connectivity index is 1.89. The fourth-order valence-electron chi connectivity index (χ4n) is 2.82. The van der Waals surface area contributed by atoms with Gasteiger partial charge in [0.15, 0.2) is 0 Å². The van der Waals surface area contributed by atoms with Gasteiger partial charge in [-0.05, 0) is 31.9 Å². The molecule has 1 fully saturated rings. The molecule has 20 heavy (non-hydrogen) atoms. The molecular weight excluding hydrogens is 260 g/mol. The Morgan fingerprint density at radius 2 is 1.80 bits per heavy atom. The van der Waals surface area contributed by atoms with Crippen molar-refractivity contribution in [3.63, 3.8) is 0 Å². The van der Waals surface area contributed by atoms with Crippen LogP contribution in [-0.4, -0.2) is 9.55 Å². The third-order valence-corrected chi connectivity index (χ3v) is 3.69. The van der Waals surface area contributed by atoms with E-state index in [4.69, 9.17) is 0 Å². The monoisotopic (exact) mass is 277 g/mol. The van der Waals surface area contributed by atoms with Crippen molar-refractivity contribution >= 4 is 11.6 Å². The zero-order valence-corrected chi connectivity index (χ0v) is 11.4. The molecule has 0 saturated heterocycles. The van der Waals surface area contributed by atoms with E-state index in [0.29, 0.717) is 17.7 Å². The number of halogens is 2. The Morgan fingerprint density at radius 1 is 1.15 bits per heavy atom. The molecule has 3 nitrogen and oxygen atoms in total. The summed E-state index contributed by atoms with van der Waals surface area (Å²) >= 11 is 0. The third-order valence-electron chi connectivity index (χ3n) is 3.69. The molecule has 0 spiro atoms. The van der Waals surface area contributed by atoms with Gasteiger partial charge in [-0.15, -0.1) is 0 Å². The molecule has 0 unspecified atom stereocenters. The highest BCUT2D eigenvalue weighted by Gasteiger charge is 2.20. The summed E-state index contributed by atoms with van der Waals surface area (Å²) in [6.45, 7) is 1.92. The molecule has 106 valence electrons. The molecule has 2 aromatic rings. The van der Waals surface area contributed by atoms with E-state index in [1.807, 2.05) is 13.1 Å². The molecule has 1 saturated carbocycles. The van der Waals surface area contributed by atoms with Crippen LogP contribution in [0.3, 0.4) is 0 Å². The summed E-state index contributed by atoms with van der Waals surface area (Å²) in [6.07, 6.45) is 6.68. The van der Waals surface area contributed by atoms with Crippen LogP contribution >= 0.6 is 0 Å². The van der Waals surface area contributed by atoms with Crippen LogP contribution in [0.4, 0.5) is 20.4 Å². The molecule has 1 aliphatic rings. The third kappa shape index (κ3) is 2.66. The summed E-state index contributed by atoms with van der Waals surface area (Å²) in [5, 5.41) is 3.02. The normalized spacial score (nSPS) is 15.8. The number of aromatic nitrogens is 2. The molecule has 1 aliphatic carbocycles. The van der Waals surface area contributed by atoms with Crippen LogP contribution in [0.2, 0.25) is 0 Å². The predicted molar refractivity (Wildman–Crippen MR) is 74.1 cm³/mol. The fraction of sp³-hybridized carbons (Fsp3) is 0.400. The van der Waals surface area contributed by atoms with Gasteiger partial charge in [0.25, 0.3) is 0 Å². The minimum absolute atomic E-state index is 0.382. The van der Waals surface area contributed by atoms with Gasteiger partial charge in [-0.2, -0.15) is 0 Å². The fourth-order valence-corrected chi connectivity index (χ4v) is 2.82. The average Bonchev–Trinajstić information content (AvgIpc) is 2.97. The molecule has 1 N–H and O–H groups in total. The van der Waals surface area contributed by atoms with Gasteiger partial charge in [-0.25, -0.2) is 13.8 Å². The van der Waals surface area contributed by atoms with Gasteiger partial charge in [0, 0.05) is 24.0 Å². The largest absolute Gasteiger partial charge is 0.325 e. The highest BCUT2D eigenvalue weighted by Crippen LogP contribution is 2.33. The smallest absolute Gasteiger partial charge is 0.207 e. The van der Waals surface area contributed by atoms with Gasteiger partial charge < -0.3 is 9.88 Å². The number of hydrogen-bond donors (Lipinski definition) is 1. The van der Waals surface area contributed by atoms with E-state index in [-0.39, 0.29) is 0 Å². The van der Waals surface area contributed by atoms with E-state index in [9.17, 15) is 8.78 Å². The number of rotatable bonds is 3. The van der Waals surface area contributed by atoms with Crippen molar-refractivity contribution < 1.29 is 8.78 Å². The molecular formula is C15H17F2N3. The van der Waals surface area contributed by atoms with E-state index in [0.717, 1.165) is 24.6 Å². The van der Waals surface area contributed by atoms with Gasteiger partial charge in [0.05, 0.1) is 5.69 Å². The lowest BCUT2D eigenvalue weighted by molar-refractivity contribution is 0.524. The van der Waals surface area contributed by atoms with Crippen molar-refractivity contribution in [2.75, 3.05) is 5.32 Å². The number of imidazole rings is 1. The van der Waals surface area contributed by atoms with E-state index in [2.05, 4.69) is 14.9 Å². The Hall–Kier alpha value is -1.91. The molecule has 0 aliphatic heterocycles. The summed E-state index contributed by atoms with van der Waals surface area (Å²) < 4.78 is 28.5. The SMILES string of the molecule is Cc1cn(C2CCCC2)c(Nc2cc(F)cc(F)c2)n1. The lowest BCUT2D eigenvalue weighted by Crippen LogP contribution is -2.08. The van der Waals surface area contributed by atoms with Crippen LogP contribution in [0, 0.1) is 18.6 Å². The standard InChI is InChI=1S/C15H17F2N3/c1-10-9-20(14-4-2-3-5-14)15(18-10)19-13-7-11(16)6-12(17)8-13/h6-9,14H,2-5H2,1H3,(H,18,19). The number of aryl methyl sites for hydroxylation is 1. The van der Waals surface area contributed by atoms with E-state index in [1.165, 1.54) is 25.0 Å². The summed E-state index contributed by atoms with van der Waals surface area (Å²) in [6, 6.07) is 3.83. The van der Waals surface area contributed by atoms with Crippen molar-refractivity contribution in [3.05, 3.63) is 41.7 Å². The van der Waals surface area contributed by atoms with Crippen molar-refractivity contribution in [3.8, 4) is 0 Å². The number of benzene rings is 1. The van der Waals surface area contributed by atoms with Crippen molar-refractivity contribution in [1.29, 1.82) is 0 Å². The molecule has 3 rings (SSSR count). The Labute approximate surface area is 116 Å². The molecule has 0 radical (unpaired) electrons. The maximum absolute atomic E-state index is 13.2. The lowest BCUT2D eigenvalue weighted by atomic mass is 10.2. The Kier molecular flexibility index (Phi) is 3.42. The average molecular weight is 277 g/mol. The lowest BCUT2D eigenvalue weighted by Gasteiger charge is -2.15. The second-order valence-electron chi connectivity index (χ2n) is 5.33. The predicted octanol–water partition coefficient (Wildman–Crippen LogP) is 4.33. The first-order chi connectivity index (χ1) is 9.61. The molecule has 0 atom stereocenters. The van der Waals surface area contributed by atoms with Gasteiger partial charge >= 0.3 is 0 Å². The van der Waals surface area contributed by atoms with Crippen LogP contribution in [-0.2, 0) is 0 Å². The summed E-state index contributed by atoms with van der Waals surface area (Å²) in [7, 11) is 0. The van der Waals surface area contributed by atoms with Crippen LogP contribution in [0.5, 0.6) is 0 Å². The first-order valence-corrected chi connectivity index (χ1v) is 6.90. The van der Waals surface area contributed by atoms with E-state index >= 15 is 0 Å². The van der Waals surface area contributed by atoms with Crippen molar-refractivity contribution in [2.24, 2.45) is 0 Å². The van der Waals surface area contributed by atoms with Gasteiger partial charge in [0.1, 0.15) is 11.6 Å². The van der Waals surface area contributed by atoms with E-state index < -0.39 is 11.6 Å². The van der Waals surface area contributed by atoms with Crippen LogP contribution < -0.4 is 5.32 Å². The zero-order chi connectivity index (χ0) is 14.1. The summed E-state index contributed by atoms with van der Waals surface area (Å²) in [5.41, 5.74) is 1.28. The maximum atomic E-state index is 13.2. The number of anilines is 2. The first-order valence-electron chi connectivity index (χ1n) is 6.90. The number of hydrogen-bond acceptors (Lipinski definition) is 2. The topological polar surface area (TPSA) is 29.9 Å². The van der Waals surface area contributed by atoms with Crippen LogP contribution in [0.1, 0.15) is 37.4 Å². The van der Waals surface area contributed by atoms with E-state index in [1.54, 1.807) is 0 Å². The molecule has 0 bridgehead atoms. The van der Waals surface area contributed by atoms with Crippen molar-refractivity contribution in [1.82, 2.24) is 9.55 Å². The zero-order valence-electron chi connectivity index (χ0n) is 11.4. The second-order valence-corrected chi connectivity index (χ2v) is 5.33. The minimum Gasteiger partial charge on any atom is -0.325 e. The van der Waals surface area contributed by atoms with Gasteiger partial charge in [-0.1, -0.05) is 12.8 Å². The van der Waals surface area contributed by atoms with Crippen LogP contribution in [0.25, 0.3) is 0 Å². The summed E-state index contributed by atoms with van der Waals surface area (Å²) in [4.78, 5) is 4.42. The molecule has 1 aromatic heterocycles. The van der Waals surface area contributed by atoms with Crippen molar-refractivity contribution in [2.45, 2.75) is 38.6 Å². The number of nitrogens with zero attached hydrogens (tertiary/aromatic N) is 2. The highest BCUT2D eigenvalue weighted by molar-refractivity contribution is 5.54. The second kappa shape index (κ2) is 5.23. The van der Waals surface area contributed by atoms with Crippen LogP contribution in [0.15, 0.2) is 24.4 Å². The Bertz CT molecular complexity index is 595. The Morgan fingerprint density at radius 3 is 2.45 bits per heavy atom. The minimum atomic E-state index is -0.594. The molecule has 1 aromatic carbocycles. The molecule has 1 heterocycles. The quantitative estimate of drug-likeness (QED) is 0.905. The maximum Gasteiger partial charge on any atom is 0.207 e. The number of nitrogens with one attached hydrogen (secondary N) is 1. The summed E-state index contributed by atoms with van der Waals surface area (Å²) in [5.74, 6) is -0.536. The first kappa shape index (κ1) is 13.1. The van der Waals surface area contributed by atoms with Gasteiger partial charge in [0.2, 0.25) is 5.95 Å². The molecule has 0 amide bonds. The highest BCUT2D eigenvalue weighted by atomic mass is 19.1. The molecule has 5 heteroatoms. The van der Waals surface area contributed by atoms with Gasteiger partial charge in [-0.3, -0.25) is 0 Å².